The van der Waals surface area contributed by atoms with E-state index in [9.17, 15) is 9.59 Å². The van der Waals surface area contributed by atoms with E-state index >= 15 is 0 Å². The minimum Gasteiger partial charge on any atom is -0.445 e. The average molecular weight is 500 g/mol. The summed E-state index contributed by atoms with van der Waals surface area (Å²) in [4.78, 5) is 27.6. The van der Waals surface area contributed by atoms with Gasteiger partial charge in [0.1, 0.15) is 12.4 Å². The Balaban J connectivity index is 1.26. The third-order valence-electron chi connectivity index (χ3n) is 7.92. The van der Waals surface area contributed by atoms with Crippen molar-refractivity contribution in [3.63, 3.8) is 0 Å². The number of hydrogen-bond donors (Lipinski definition) is 0. The number of ketones is 1. The van der Waals surface area contributed by atoms with Crippen LogP contribution >= 0.6 is 0 Å². The van der Waals surface area contributed by atoms with E-state index in [-0.39, 0.29) is 30.7 Å². The lowest BCUT2D eigenvalue weighted by atomic mass is 9.81. The standard InChI is InChI=1S/C31H49NO4/c1-2-3-4-5-6-7-8-9-10-11-12-13-17-20-30(33)27-21-28-24-35-25-29(22-27)32(28)31(34)36-23-26-18-15-14-16-19-26/h14-16,18-19,27-29H,2-13,17,20-25H2,1H3. The molecule has 0 saturated carbocycles. The van der Waals surface area contributed by atoms with E-state index < -0.39 is 0 Å². The number of carbonyl (C=O) groups is 2. The molecule has 2 aliphatic rings. The largest absolute Gasteiger partial charge is 0.445 e. The van der Waals surface area contributed by atoms with Crippen LogP contribution in [0.2, 0.25) is 0 Å². The van der Waals surface area contributed by atoms with E-state index in [4.69, 9.17) is 9.47 Å². The number of morpholine rings is 1. The fraction of sp³-hybridized carbons (Fsp3) is 0.742. The zero-order chi connectivity index (χ0) is 25.4. The van der Waals surface area contributed by atoms with Crippen LogP contribution in [0.1, 0.15) is 115 Å². The molecule has 1 aromatic rings. The maximum Gasteiger partial charge on any atom is 0.410 e. The SMILES string of the molecule is CCCCCCCCCCCCCCCC(=O)C1CC2COCC(C1)N2C(=O)OCc1ccccc1. The Labute approximate surface area is 219 Å². The van der Waals surface area contributed by atoms with Gasteiger partial charge < -0.3 is 9.47 Å². The van der Waals surface area contributed by atoms with Gasteiger partial charge in [-0.25, -0.2) is 4.79 Å². The first kappa shape index (κ1) is 28.7. The monoisotopic (exact) mass is 499 g/mol. The van der Waals surface area contributed by atoms with E-state index in [1.54, 1.807) is 0 Å². The molecular formula is C31H49NO4. The van der Waals surface area contributed by atoms with Gasteiger partial charge in [0.25, 0.3) is 0 Å². The number of hydrogen-bond acceptors (Lipinski definition) is 4. The van der Waals surface area contributed by atoms with Crippen LogP contribution in [0.15, 0.2) is 30.3 Å². The summed E-state index contributed by atoms with van der Waals surface area (Å²) in [7, 11) is 0. The molecule has 2 heterocycles. The molecule has 0 aliphatic carbocycles. The Morgan fingerprint density at radius 1 is 0.806 bits per heavy atom. The number of carbonyl (C=O) groups excluding carboxylic acids is 2. The number of rotatable bonds is 17. The van der Waals surface area contributed by atoms with Crippen molar-refractivity contribution in [2.75, 3.05) is 13.2 Å². The molecule has 0 aromatic heterocycles. The van der Waals surface area contributed by atoms with Gasteiger partial charge in [0.2, 0.25) is 0 Å². The van der Waals surface area contributed by atoms with Crippen LogP contribution in [0.4, 0.5) is 4.79 Å². The molecule has 5 heteroatoms. The summed E-state index contributed by atoms with van der Waals surface area (Å²) in [5, 5.41) is 0. The third-order valence-corrected chi connectivity index (χ3v) is 7.92. The van der Waals surface area contributed by atoms with Crippen LogP contribution in [-0.4, -0.2) is 42.1 Å². The number of amides is 1. The van der Waals surface area contributed by atoms with Gasteiger partial charge in [-0.05, 0) is 24.8 Å². The Hall–Kier alpha value is -1.88. The number of ether oxygens (including phenoxy) is 2. The molecule has 2 saturated heterocycles. The first-order chi connectivity index (χ1) is 17.7. The van der Waals surface area contributed by atoms with Crippen LogP contribution in [-0.2, 0) is 20.9 Å². The summed E-state index contributed by atoms with van der Waals surface area (Å²) in [5.74, 6) is 0.437. The summed E-state index contributed by atoms with van der Waals surface area (Å²) < 4.78 is 11.3. The number of nitrogens with zero attached hydrogens (tertiary/aromatic N) is 1. The lowest BCUT2D eigenvalue weighted by Gasteiger charge is -2.47. The van der Waals surface area contributed by atoms with Gasteiger partial charge in [0, 0.05) is 12.3 Å². The molecule has 3 rings (SSSR count). The van der Waals surface area contributed by atoms with Gasteiger partial charge in [0.15, 0.2) is 0 Å². The van der Waals surface area contributed by atoms with Gasteiger partial charge >= 0.3 is 6.09 Å². The summed E-state index contributed by atoms with van der Waals surface area (Å²) in [6.45, 7) is 3.55. The molecule has 2 fully saturated rings. The third kappa shape index (κ3) is 9.88. The van der Waals surface area contributed by atoms with Crippen LogP contribution in [0, 0.1) is 5.92 Å². The van der Waals surface area contributed by atoms with Gasteiger partial charge in [-0.1, -0.05) is 114 Å². The van der Waals surface area contributed by atoms with Crippen molar-refractivity contribution in [2.45, 2.75) is 128 Å². The van der Waals surface area contributed by atoms with E-state index in [2.05, 4.69) is 6.92 Å². The summed E-state index contributed by atoms with van der Waals surface area (Å²) in [6, 6.07) is 9.65. The Morgan fingerprint density at radius 3 is 1.89 bits per heavy atom. The highest BCUT2D eigenvalue weighted by molar-refractivity contribution is 5.81. The summed E-state index contributed by atoms with van der Waals surface area (Å²) in [6.07, 6.45) is 18.9. The topological polar surface area (TPSA) is 55.8 Å². The molecule has 0 spiro atoms. The van der Waals surface area contributed by atoms with Crippen molar-refractivity contribution in [1.29, 1.82) is 0 Å². The van der Waals surface area contributed by atoms with E-state index in [1.807, 2.05) is 35.2 Å². The fourth-order valence-corrected chi connectivity index (χ4v) is 5.79. The quantitative estimate of drug-likeness (QED) is 0.205. The highest BCUT2D eigenvalue weighted by Gasteiger charge is 2.44. The molecule has 1 aromatic carbocycles. The first-order valence-corrected chi connectivity index (χ1v) is 14.8. The molecule has 5 nitrogen and oxygen atoms in total. The van der Waals surface area contributed by atoms with Crippen molar-refractivity contribution < 1.29 is 19.1 Å². The molecular weight excluding hydrogens is 450 g/mol. The molecule has 36 heavy (non-hydrogen) atoms. The zero-order valence-electron chi connectivity index (χ0n) is 22.6. The van der Waals surface area contributed by atoms with Crippen molar-refractivity contribution in [2.24, 2.45) is 5.92 Å². The maximum absolute atomic E-state index is 12.9. The molecule has 2 aliphatic heterocycles. The smallest absolute Gasteiger partial charge is 0.410 e. The minimum absolute atomic E-state index is 0.0543. The maximum atomic E-state index is 12.9. The van der Waals surface area contributed by atoms with Gasteiger partial charge in [-0.2, -0.15) is 0 Å². The molecule has 202 valence electrons. The van der Waals surface area contributed by atoms with E-state index in [0.29, 0.717) is 38.3 Å². The van der Waals surface area contributed by atoms with Gasteiger partial charge in [0.05, 0.1) is 25.3 Å². The van der Waals surface area contributed by atoms with E-state index in [1.165, 1.54) is 70.6 Å². The molecule has 0 radical (unpaired) electrons. The Bertz CT molecular complexity index is 738. The van der Waals surface area contributed by atoms with Crippen LogP contribution in [0.25, 0.3) is 0 Å². The van der Waals surface area contributed by atoms with Crippen molar-refractivity contribution in [3.8, 4) is 0 Å². The van der Waals surface area contributed by atoms with Crippen molar-refractivity contribution >= 4 is 11.9 Å². The van der Waals surface area contributed by atoms with Crippen LogP contribution < -0.4 is 0 Å². The number of fused-ring (bicyclic) bond motifs is 2. The predicted molar refractivity (Wildman–Crippen MR) is 145 cm³/mol. The zero-order valence-corrected chi connectivity index (χ0v) is 22.6. The summed E-state index contributed by atoms with van der Waals surface area (Å²) >= 11 is 0. The normalized spacial score (nSPS) is 21.4. The number of unbranched alkanes of at least 4 members (excludes halogenated alkanes) is 12. The second-order valence-electron chi connectivity index (χ2n) is 10.9. The van der Waals surface area contributed by atoms with Crippen LogP contribution in [0.3, 0.4) is 0 Å². The van der Waals surface area contributed by atoms with Gasteiger partial charge in [-0.3, -0.25) is 9.69 Å². The summed E-state index contributed by atoms with van der Waals surface area (Å²) in [5.41, 5.74) is 0.982. The average Bonchev–Trinajstić information content (AvgIpc) is 2.89. The molecule has 2 bridgehead atoms. The Kier molecular flexibility index (Phi) is 13.4. The molecule has 1 amide bonds. The molecule has 2 atom stereocenters. The fourth-order valence-electron chi connectivity index (χ4n) is 5.79. The molecule has 0 N–H and O–H groups in total. The number of benzene rings is 1. The minimum atomic E-state index is -0.278. The van der Waals surface area contributed by atoms with Crippen molar-refractivity contribution in [3.05, 3.63) is 35.9 Å². The second kappa shape index (κ2) is 16.8. The number of piperidine rings is 1. The predicted octanol–water partition coefficient (Wildman–Crippen LogP) is 7.85. The van der Waals surface area contributed by atoms with E-state index in [0.717, 1.165) is 18.4 Å². The lowest BCUT2D eigenvalue weighted by Crippen LogP contribution is -2.59. The highest BCUT2D eigenvalue weighted by atomic mass is 16.6. The first-order valence-electron chi connectivity index (χ1n) is 14.8. The van der Waals surface area contributed by atoms with Crippen molar-refractivity contribution in [1.82, 2.24) is 4.90 Å². The lowest BCUT2D eigenvalue weighted by molar-refractivity contribution is -0.131. The Morgan fingerprint density at radius 2 is 1.33 bits per heavy atom. The highest BCUT2D eigenvalue weighted by Crippen LogP contribution is 2.33. The van der Waals surface area contributed by atoms with Crippen LogP contribution in [0.5, 0.6) is 0 Å². The molecule has 2 unspecified atom stereocenters. The number of Topliss-reactive ketones (excluding diaryl/α,β-unsaturated/α-hetero) is 1. The van der Waals surface area contributed by atoms with Gasteiger partial charge in [-0.15, -0.1) is 0 Å². The second-order valence-corrected chi connectivity index (χ2v) is 10.9.